The predicted molar refractivity (Wildman–Crippen MR) is 140 cm³/mol. The number of para-hydroxylation sites is 1. The predicted octanol–water partition coefficient (Wildman–Crippen LogP) is 7.61. The first-order valence-corrected chi connectivity index (χ1v) is 12.0. The molecule has 35 heavy (non-hydrogen) atoms. The molecule has 5 heteroatoms. The van der Waals surface area contributed by atoms with Gasteiger partial charge in [-0.2, -0.15) is 30.3 Å². The fourth-order valence-electron chi connectivity index (χ4n) is 4.28. The third-order valence-corrected chi connectivity index (χ3v) is 6.74. The summed E-state index contributed by atoms with van der Waals surface area (Å²) < 4.78 is 2.20. The number of rotatable bonds is 4. The number of benzene rings is 3. The summed E-state index contributed by atoms with van der Waals surface area (Å²) in [6.45, 7) is 4.10. The maximum atomic E-state index is 4.81. The Kier molecular flexibility index (Phi) is 6.60. The summed E-state index contributed by atoms with van der Waals surface area (Å²) in [5.74, 6) is 0.901. The number of fused-ring (bicyclic) bond motifs is 3. The molecule has 172 valence electrons. The fraction of sp³-hybridized carbons (Fsp3) is 0.0667. The summed E-state index contributed by atoms with van der Waals surface area (Å²) in [5, 5.41) is 3.33. The van der Waals surface area contributed by atoms with Crippen LogP contribution >= 0.6 is 11.8 Å². The van der Waals surface area contributed by atoms with Crippen LogP contribution in [0.2, 0.25) is 0 Å². The van der Waals surface area contributed by atoms with E-state index in [4.69, 9.17) is 4.98 Å². The maximum absolute atomic E-state index is 4.81. The molecule has 0 saturated heterocycles. The maximum Gasteiger partial charge on any atom is 2.00 e. The summed E-state index contributed by atoms with van der Waals surface area (Å²) >= 11 is 1.62. The molecule has 0 aliphatic heterocycles. The van der Waals surface area contributed by atoms with Crippen molar-refractivity contribution in [3.63, 3.8) is 0 Å². The average molecular weight is 651 g/mol. The first-order chi connectivity index (χ1) is 16.7. The zero-order chi connectivity index (χ0) is 23.1. The van der Waals surface area contributed by atoms with Crippen LogP contribution in [0.1, 0.15) is 11.3 Å². The Morgan fingerprint density at radius 3 is 2.46 bits per heavy atom. The van der Waals surface area contributed by atoms with E-state index >= 15 is 0 Å². The van der Waals surface area contributed by atoms with Crippen molar-refractivity contribution in [1.29, 1.82) is 0 Å². The van der Waals surface area contributed by atoms with Crippen LogP contribution in [-0.4, -0.2) is 14.5 Å². The first-order valence-electron chi connectivity index (χ1n) is 11.2. The van der Waals surface area contributed by atoms with E-state index in [0.717, 1.165) is 49.0 Å². The van der Waals surface area contributed by atoms with Gasteiger partial charge in [0.2, 0.25) is 0 Å². The Morgan fingerprint density at radius 1 is 0.771 bits per heavy atom. The summed E-state index contributed by atoms with van der Waals surface area (Å²) in [6, 6.07) is 36.5. The van der Waals surface area contributed by atoms with Gasteiger partial charge in [0.15, 0.2) is 0 Å². The zero-order valence-corrected chi connectivity index (χ0v) is 22.3. The van der Waals surface area contributed by atoms with Crippen molar-refractivity contribution in [3.05, 3.63) is 115 Å². The van der Waals surface area contributed by atoms with Crippen molar-refractivity contribution in [2.75, 3.05) is 0 Å². The second kappa shape index (κ2) is 9.81. The molecule has 0 bridgehead atoms. The SMILES string of the molecule is Cc1ccnc(Sc2[c-]c(-c3[c-]c4c(cc3)c3ccccc3n4-c3cccc(C)n3)ccc2)c1.[Pt+2]. The van der Waals surface area contributed by atoms with Gasteiger partial charge >= 0.3 is 21.1 Å². The Labute approximate surface area is 223 Å². The van der Waals surface area contributed by atoms with E-state index in [1.807, 2.05) is 25.3 Å². The Balaban J connectivity index is 0.00000253. The van der Waals surface area contributed by atoms with Gasteiger partial charge in [-0.15, -0.1) is 12.1 Å². The van der Waals surface area contributed by atoms with Crippen LogP contribution in [0.3, 0.4) is 0 Å². The molecule has 6 rings (SSSR count). The summed E-state index contributed by atoms with van der Waals surface area (Å²) in [5.41, 5.74) is 6.34. The molecule has 0 radical (unpaired) electrons. The molecule has 3 aromatic carbocycles. The monoisotopic (exact) mass is 650 g/mol. The van der Waals surface area contributed by atoms with E-state index in [9.17, 15) is 0 Å². The van der Waals surface area contributed by atoms with Crippen LogP contribution in [0.15, 0.2) is 101 Å². The number of hydrogen-bond donors (Lipinski definition) is 0. The van der Waals surface area contributed by atoms with Gasteiger partial charge in [0.05, 0.1) is 5.03 Å². The second-order valence-corrected chi connectivity index (χ2v) is 9.39. The Morgan fingerprint density at radius 2 is 1.60 bits per heavy atom. The number of hydrogen-bond acceptors (Lipinski definition) is 3. The molecule has 0 amide bonds. The average Bonchev–Trinajstić information content (AvgIpc) is 3.18. The van der Waals surface area contributed by atoms with Crippen molar-refractivity contribution in [3.8, 4) is 16.9 Å². The number of aromatic nitrogens is 3. The quantitative estimate of drug-likeness (QED) is 0.184. The number of aryl methyl sites for hydroxylation is 2. The van der Waals surface area contributed by atoms with E-state index in [1.54, 1.807) is 11.8 Å². The van der Waals surface area contributed by atoms with E-state index in [1.165, 1.54) is 10.9 Å². The summed E-state index contributed by atoms with van der Waals surface area (Å²) in [6.07, 6.45) is 1.85. The fourth-order valence-corrected chi connectivity index (χ4v) is 5.17. The molecule has 3 heterocycles. The van der Waals surface area contributed by atoms with Crippen molar-refractivity contribution in [1.82, 2.24) is 14.5 Å². The standard InChI is InChI=1S/C30H21N3S.Pt/c1-20-15-16-31-30(17-20)34-24-9-6-8-22(18-24)23-13-14-26-25-10-3-4-11-27(25)33(28(26)19-23)29-12-5-7-21(2)32-29;/h3-17H,1-2H3;/q-2;+2. The molecule has 3 nitrogen and oxygen atoms in total. The van der Waals surface area contributed by atoms with E-state index < -0.39 is 0 Å². The van der Waals surface area contributed by atoms with Crippen LogP contribution in [0.5, 0.6) is 0 Å². The van der Waals surface area contributed by atoms with Crippen molar-refractivity contribution < 1.29 is 21.1 Å². The molecule has 6 aromatic rings. The first kappa shape index (κ1) is 23.5. The molecule has 0 aliphatic carbocycles. The largest absolute Gasteiger partial charge is 2.00 e. The summed E-state index contributed by atoms with van der Waals surface area (Å²) in [4.78, 5) is 10.3. The van der Waals surface area contributed by atoms with Gasteiger partial charge in [-0.25, -0.2) is 21.1 Å². The molecule has 0 fully saturated rings. The molecular weight excluding hydrogens is 629 g/mol. The Hall–Kier alpha value is -3.20. The molecule has 3 aromatic heterocycles. The molecule has 0 atom stereocenters. The van der Waals surface area contributed by atoms with Gasteiger partial charge < -0.3 is 4.57 Å². The second-order valence-electron chi connectivity index (χ2n) is 8.33. The molecule has 0 spiro atoms. The van der Waals surface area contributed by atoms with Gasteiger partial charge in [-0.1, -0.05) is 46.3 Å². The van der Waals surface area contributed by atoms with Crippen LogP contribution in [0, 0.1) is 26.0 Å². The summed E-state index contributed by atoms with van der Waals surface area (Å²) in [7, 11) is 0. The molecule has 0 aliphatic rings. The molecular formula is C30H21N3PtS. The zero-order valence-electron chi connectivity index (χ0n) is 19.2. The van der Waals surface area contributed by atoms with Gasteiger partial charge in [0.1, 0.15) is 5.82 Å². The number of pyridine rings is 2. The molecule has 0 N–H and O–H groups in total. The van der Waals surface area contributed by atoms with Crippen LogP contribution < -0.4 is 0 Å². The topological polar surface area (TPSA) is 30.7 Å². The van der Waals surface area contributed by atoms with Gasteiger partial charge in [-0.3, -0.25) is 0 Å². The van der Waals surface area contributed by atoms with E-state index in [-0.39, 0.29) is 21.1 Å². The minimum Gasteiger partial charge on any atom is -0.314 e. The normalized spacial score (nSPS) is 11.0. The van der Waals surface area contributed by atoms with Crippen LogP contribution in [0.25, 0.3) is 38.8 Å². The van der Waals surface area contributed by atoms with E-state index in [2.05, 4.69) is 101 Å². The minimum absolute atomic E-state index is 0. The molecule has 0 saturated carbocycles. The third kappa shape index (κ3) is 4.57. The van der Waals surface area contributed by atoms with Gasteiger partial charge in [-0.05, 0) is 60.6 Å². The van der Waals surface area contributed by atoms with Crippen LogP contribution in [0.4, 0.5) is 0 Å². The van der Waals surface area contributed by atoms with Gasteiger partial charge in [0.25, 0.3) is 0 Å². The van der Waals surface area contributed by atoms with Crippen molar-refractivity contribution in [2.45, 2.75) is 23.8 Å². The third-order valence-electron chi connectivity index (χ3n) is 5.85. The smallest absolute Gasteiger partial charge is 0.314 e. The van der Waals surface area contributed by atoms with Crippen LogP contribution in [-0.2, 0) is 21.1 Å². The van der Waals surface area contributed by atoms with Crippen molar-refractivity contribution >= 4 is 33.6 Å². The van der Waals surface area contributed by atoms with E-state index in [0.29, 0.717) is 0 Å². The van der Waals surface area contributed by atoms with Crippen molar-refractivity contribution in [2.24, 2.45) is 0 Å². The Bertz CT molecular complexity index is 1670. The van der Waals surface area contributed by atoms with Gasteiger partial charge in [0, 0.05) is 17.4 Å². The molecule has 0 unspecified atom stereocenters. The number of nitrogens with zero attached hydrogens (tertiary/aromatic N) is 3. The minimum atomic E-state index is 0.